The number of aryl methyl sites for hydroxylation is 2. The van der Waals surface area contributed by atoms with Gasteiger partial charge in [0.15, 0.2) is 0 Å². The van der Waals surface area contributed by atoms with Crippen LogP contribution in [0.5, 0.6) is 0 Å². The van der Waals surface area contributed by atoms with Crippen molar-refractivity contribution >= 4 is 34.1 Å². The van der Waals surface area contributed by atoms with Crippen LogP contribution in [-0.4, -0.2) is 45.0 Å². The molecule has 1 fully saturated rings. The van der Waals surface area contributed by atoms with Gasteiger partial charge in [0.1, 0.15) is 17.3 Å². The lowest BCUT2D eigenvalue weighted by Crippen LogP contribution is -2.49. The van der Waals surface area contributed by atoms with Gasteiger partial charge < -0.3 is 5.32 Å². The van der Waals surface area contributed by atoms with Gasteiger partial charge in [-0.2, -0.15) is 0 Å². The lowest BCUT2D eigenvalue weighted by Gasteiger charge is -2.35. The van der Waals surface area contributed by atoms with Crippen LogP contribution in [0.2, 0.25) is 5.02 Å². The number of amides is 1. The minimum Gasteiger partial charge on any atom is -0.315 e. The number of rotatable bonds is 4. The van der Waals surface area contributed by atoms with E-state index < -0.39 is 11.7 Å². The zero-order chi connectivity index (χ0) is 23.8. The molecule has 0 spiro atoms. The van der Waals surface area contributed by atoms with Gasteiger partial charge >= 0.3 is 0 Å². The maximum atomic E-state index is 15.3. The molecule has 2 aromatic carbocycles. The summed E-state index contributed by atoms with van der Waals surface area (Å²) in [5, 5.41) is 13.6. The van der Waals surface area contributed by atoms with E-state index in [2.05, 4.69) is 20.6 Å². The Bertz CT molecular complexity index is 1380. The number of hydrogen-bond donors (Lipinski definition) is 1. The summed E-state index contributed by atoms with van der Waals surface area (Å²) in [6, 6.07) is 9.96. The van der Waals surface area contributed by atoms with E-state index in [-0.39, 0.29) is 11.6 Å². The predicted octanol–water partition coefficient (Wildman–Crippen LogP) is 4.53. The third-order valence-corrected chi connectivity index (χ3v) is 6.40. The summed E-state index contributed by atoms with van der Waals surface area (Å²) in [6.07, 6.45) is 5.07. The fourth-order valence-corrected chi connectivity index (χ4v) is 4.87. The van der Waals surface area contributed by atoms with Crippen molar-refractivity contribution in [2.75, 3.05) is 18.0 Å². The lowest BCUT2D eigenvalue weighted by atomic mass is 10.0. The Morgan fingerprint density at radius 2 is 2.12 bits per heavy atom. The molecule has 1 saturated heterocycles. The molecule has 1 amide bonds. The quantitative estimate of drug-likeness (QED) is 0.466. The number of pyridine rings is 1. The number of carbonyl (C=O) groups is 1. The van der Waals surface area contributed by atoms with Crippen molar-refractivity contribution in [2.45, 2.75) is 25.8 Å². The van der Waals surface area contributed by atoms with Gasteiger partial charge in [-0.15, -0.1) is 5.10 Å². The standard InChI is InChI=1S/C25H24ClFN6O/c1-15-10-18(26)11-17-7-9-29-24(23(15)17)33(19-4-3-8-28-13-19)25(34)20-6-5-16(12-21(20)27)22-14-32(2)31-30-22/h5-7,9-12,14,19,28H,3-4,8,13H2,1-2H3. The van der Waals surface area contributed by atoms with Gasteiger partial charge in [0.25, 0.3) is 5.91 Å². The Morgan fingerprint density at radius 3 is 2.82 bits per heavy atom. The molecule has 1 aliphatic heterocycles. The molecule has 1 unspecified atom stereocenters. The fraction of sp³-hybridized carbons (Fsp3) is 0.280. The molecular weight excluding hydrogens is 455 g/mol. The molecule has 7 nitrogen and oxygen atoms in total. The molecular formula is C25H24ClFN6O. The van der Waals surface area contributed by atoms with Crippen LogP contribution in [0.25, 0.3) is 22.0 Å². The van der Waals surface area contributed by atoms with Gasteiger partial charge in [0.2, 0.25) is 0 Å². The summed E-state index contributed by atoms with van der Waals surface area (Å²) in [5.41, 5.74) is 1.99. The molecule has 0 aliphatic carbocycles. The van der Waals surface area contributed by atoms with Gasteiger partial charge in [-0.05, 0) is 67.6 Å². The van der Waals surface area contributed by atoms with Crippen molar-refractivity contribution in [1.82, 2.24) is 25.3 Å². The SMILES string of the molecule is Cc1cc(Cl)cc2ccnc(N(C(=O)c3ccc(-c4cn(C)nn4)cc3F)C3CCCNC3)c12. The summed E-state index contributed by atoms with van der Waals surface area (Å²) in [7, 11) is 1.74. The van der Waals surface area contributed by atoms with E-state index in [0.717, 1.165) is 35.7 Å². The molecule has 1 atom stereocenters. The van der Waals surface area contributed by atoms with Gasteiger partial charge in [-0.3, -0.25) is 14.4 Å². The van der Waals surface area contributed by atoms with Crippen molar-refractivity contribution in [1.29, 1.82) is 0 Å². The Hall–Kier alpha value is -3.36. The number of carbonyl (C=O) groups excluding carboxylic acids is 1. The molecule has 5 rings (SSSR count). The minimum atomic E-state index is -0.609. The Balaban J connectivity index is 1.61. The minimum absolute atomic E-state index is 0.0105. The molecule has 3 heterocycles. The highest BCUT2D eigenvalue weighted by Gasteiger charge is 2.32. The number of halogens is 2. The van der Waals surface area contributed by atoms with Crippen LogP contribution in [0.1, 0.15) is 28.8 Å². The highest BCUT2D eigenvalue weighted by atomic mass is 35.5. The predicted molar refractivity (Wildman–Crippen MR) is 131 cm³/mol. The van der Waals surface area contributed by atoms with Gasteiger partial charge in [-0.25, -0.2) is 9.37 Å². The largest absolute Gasteiger partial charge is 0.315 e. The van der Waals surface area contributed by atoms with Crippen LogP contribution < -0.4 is 10.2 Å². The number of nitrogens with zero attached hydrogens (tertiary/aromatic N) is 5. The molecule has 2 aromatic heterocycles. The smallest absolute Gasteiger partial charge is 0.262 e. The number of nitrogens with one attached hydrogen (secondary N) is 1. The average Bonchev–Trinajstić information content (AvgIpc) is 3.26. The highest BCUT2D eigenvalue weighted by molar-refractivity contribution is 6.31. The van der Waals surface area contributed by atoms with Crippen LogP contribution in [0, 0.1) is 12.7 Å². The summed E-state index contributed by atoms with van der Waals surface area (Å²) in [6.45, 7) is 3.44. The monoisotopic (exact) mass is 478 g/mol. The molecule has 1 N–H and O–H groups in total. The van der Waals surface area contributed by atoms with Crippen molar-refractivity contribution < 1.29 is 9.18 Å². The number of fused-ring (bicyclic) bond motifs is 1. The maximum absolute atomic E-state index is 15.3. The second-order valence-electron chi connectivity index (χ2n) is 8.60. The zero-order valence-corrected chi connectivity index (χ0v) is 19.7. The molecule has 1 aliphatic rings. The van der Waals surface area contributed by atoms with Gasteiger partial charge in [0.05, 0.1) is 17.8 Å². The molecule has 9 heteroatoms. The van der Waals surface area contributed by atoms with Crippen molar-refractivity contribution in [3.63, 3.8) is 0 Å². The zero-order valence-electron chi connectivity index (χ0n) is 18.9. The van der Waals surface area contributed by atoms with Crippen LogP contribution in [-0.2, 0) is 7.05 Å². The van der Waals surface area contributed by atoms with Gasteiger partial charge in [0, 0.05) is 35.8 Å². The molecule has 4 aromatic rings. The first-order valence-corrected chi connectivity index (χ1v) is 11.6. The van der Waals surface area contributed by atoms with E-state index in [0.29, 0.717) is 28.6 Å². The number of piperidine rings is 1. The molecule has 0 saturated carbocycles. The van der Waals surface area contributed by atoms with Crippen LogP contribution in [0.15, 0.2) is 48.8 Å². The third-order valence-electron chi connectivity index (χ3n) is 6.19. The van der Waals surface area contributed by atoms with Gasteiger partial charge in [-0.1, -0.05) is 22.9 Å². The summed E-state index contributed by atoms with van der Waals surface area (Å²) in [4.78, 5) is 20.2. The maximum Gasteiger partial charge on any atom is 0.262 e. The summed E-state index contributed by atoms with van der Waals surface area (Å²) < 4.78 is 16.9. The van der Waals surface area contributed by atoms with E-state index in [4.69, 9.17) is 11.6 Å². The van der Waals surface area contributed by atoms with E-state index in [1.165, 1.54) is 12.1 Å². The van der Waals surface area contributed by atoms with Crippen molar-refractivity contribution in [2.24, 2.45) is 7.05 Å². The number of hydrogen-bond acceptors (Lipinski definition) is 5. The summed E-state index contributed by atoms with van der Waals surface area (Å²) >= 11 is 6.28. The van der Waals surface area contributed by atoms with Crippen LogP contribution in [0.4, 0.5) is 10.2 Å². The van der Waals surface area contributed by atoms with E-state index in [9.17, 15) is 4.79 Å². The van der Waals surface area contributed by atoms with Crippen LogP contribution >= 0.6 is 11.6 Å². The Labute approximate surface area is 201 Å². The highest BCUT2D eigenvalue weighted by Crippen LogP contribution is 2.34. The molecule has 0 radical (unpaired) electrons. The van der Waals surface area contributed by atoms with E-state index in [1.54, 1.807) is 35.1 Å². The lowest BCUT2D eigenvalue weighted by molar-refractivity contribution is 0.0968. The topological polar surface area (TPSA) is 75.9 Å². The Kier molecular flexibility index (Phi) is 6.02. The Morgan fingerprint density at radius 1 is 1.26 bits per heavy atom. The second kappa shape index (κ2) is 9.12. The first-order chi connectivity index (χ1) is 16.4. The van der Waals surface area contributed by atoms with Crippen molar-refractivity contribution in [3.05, 3.63) is 70.8 Å². The third kappa shape index (κ3) is 4.15. The summed E-state index contributed by atoms with van der Waals surface area (Å²) in [5.74, 6) is -0.518. The molecule has 34 heavy (non-hydrogen) atoms. The normalized spacial score (nSPS) is 16.1. The fourth-order valence-electron chi connectivity index (χ4n) is 4.59. The van der Waals surface area contributed by atoms with Crippen LogP contribution in [0.3, 0.4) is 0 Å². The number of benzene rings is 2. The molecule has 174 valence electrons. The first kappa shape index (κ1) is 22.4. The van der Waals surface area contributed by atoms with E-state index in [1.807, 2.05) is 25.1 Å². The molecule has 0 bridgehead atoms. The number of aromatic nitrogens is 4. The average molecular weight is 479 g/mol. The van der Waals surface area contributed by atoms with Crippen molar-refractivity contribution in [3.8, 4) is 11.3 Å². The van der Waals surface area contributed by atoms with E-state index >= 15 is 4.39 Å². The first-order valence-electron chi connectivity index (χ1n) is 11.2. The second-order valence-corrected chi connectivity index (χ2v) is 9.04. The number of anilines is 1.